The van der Waals surface area contributed by atoms with E-state index in [4.69, 9.17) is 28.3 Å². The summed E-state index contributed by atoms with van der Waals surface area (Å²) >= 11 is 11.8. The molecule has 0 unspecified atom stereocenters. The number of phenols is 1. The summed E-state index contributed by atoms with van der Waals surface area (Å²) in [6.07, 6.45) is 0. The highest BCUT2D eigenvalue weighted by atomic mass is 35.5. The van der Waals surface area contributed by atoms with Gasteiger partial charge in [-0.05, 0) is 12.1 Å². The molecule has 5 nitrogen and oxygen atoms in total. The zero-order valence-corrected chi connectivity index (χ0v) is 12.4. The van der Waals surface area contributed by atoms with Crippen molar-refractivity contribution in [2.24, 2.45) is 0 Å². The van der Waals surface area contributed by atoms with Gasteiger partial charge < -0.3 is 15.1 Å². The van der Waals surface area contributed by atoms with Crippen molar-refractivity contribution in [2.45, 2.75) is 0 Å². The van der Waals surface area contributed by atoms with Gasteiger partial charge in [0, 0.05) is 37.7 Å². The highest BCUT2D eigenvalue weighted by Gasteiger charge is 2.25. The van der Waals surface area contributed by atoms with E-state index in [2.05, 4.69) is 4.90 Å². The van der Waals surface area contributed by atoms with Crippen molar-refractivity contribution in [3.63, 3.8) is 0 Å². The van der Waals surface area contributed by atoms with Gasteiger partial charge in [-0.25, -0.2) is 0 Å². The predicted molar refractivity (Wildman–Crippen MR) is 77.6 cm³/mol. The summed E-state index contributed by atoms with van der Waals surface area (Å²) in [7, 11) is 0. The number of aliphatic hydroxyl groups is 1. The van der Waals surface area contributed by atoms with Crippen LogP contribution in [-0.4, -0.2) is 65.3 Å². The topological polar surface area (TPSA) is 64.0 Å². The largest absolute Gasteiger partial charge is 0.507 e. The molecule has 1 aliphatic heterocycles. The number of aliphatic hydroxyl groups excluding tert-OH is 1. The standard InChI is InChI=1S/C13H16Cl2N2O3/c14-9-7-10(15)12(11(19)8-9)13(20)17-3-1-16(2-4-17)5-6-18/h7-8,18-19H,1-6H2. The smallest absolute Gasteiger partial charge is 0.259 e. The first-order valence-corrected chi connectivity index (χ1v) is 7.09. The first kappa shape index (κ1) is 15.4. The van der Waals surface area contributed by atoms with Gasteiger partial charge in [-0.15, -0.1) is 0 Å². The number of β-amino-alcohol motifs (C(OH)–C–C–N with tert-alkyl or cyclic N) is 1. The van der Waals surface area contributed by atoms with Gasteiger partial charge in [-0.3, -0.25) is 9.69 Å². The molecule has 1 fully saturated rings. The van der Waals surface area contributed by atoms with E-state index in [0.717, 1.165) is 0 Å². The highest BCUT2D eigenvalue weighted by molar-refractivity contribution is 6.37. The van der Waals surface area contributed by atoms with Gasteiger partial charge in [0.15, 0.2) is 0 Å². The fraction of sp³-hybridized carbons (Fsp3) is 0.462. The van der Waals surface area contributed by atoms with Crippen LogP contribution in [0.2, 0.25) is 10.0 Å². The second-order valence-corrected chi connectivity index (χ2v) is 5.48. The van der Waals surface area contributed by atoms with Crippen molar-refractivity contribution >= 4 is 29.1 Å². The number of hydrogen-bond acceptors (Lipinski definition) is 4. The van der Waals surface area contributed by atoms with Crippen LogP contribution in [0.5, 0.6) is 5.75 Å². The van der Waals surface area contributed by atoms with E-state index in [9.17, 15) is 9.90 Å². The normalized spacial score (nSPS) is 16.4. The van der Waals surface area contributed by atoms with Crippen LogP contribution in [0.4, 0.5) is 0 Å². The molecule has 2 N–H and O–H groups in total. The number of rotatable bonds is 3. The Morgan fingerprint density at radius 3 is 2.40 bits per heavy atom. The molecule has 0 radical (unpaired) electrons. The maximum atomic E-state index is 12.4. The summed E-state index contributed by atoms with van der Waals surface area (Å²) in [5, 5.41) is 19.2. The molecule has 0 bridgehead atoms. The third-order valence-electron chi connectivity index (χ3n) is 3.32. The first-order valence-electron chi connectivity index (χ1n) is 6.33. The average Bonchev–Trinajstić information content (AvgIpc) is 2.38. The zero-order valence-electron chi connectivity index (χ0n) is 10.9. The molecular weight excluding hydrogens is 303 g/mol. The lowest BCUT2D eigenvalue weighted by atomic mass is 10.1. The lowest BCUT2D eigenvalue weighted by molar-refractivity contribution is 0.0612. The number of hydrogen-bond donors (Lipinski definition) is 2. The summed E-state index contributed by atoms with van der Waals surface area (Å²) in [5.41, 5.74) is 0.0895. The lowest BCUT2D eigenvalue weighted by Crippen LogP contribution is -2.49. The molecule has 1 amide bonds. The summed E-state index contributed by atoms with van der Waals surface area (Å²) in [5.74, 6) is -0.502. The molecule has 1 heterocycles. The predicted octanol–water partition coefficient (Wildman–Crippen LogP) is 1.45. The minimum absolute atomic E-state index is 0.0895. The molecule has 2 rings (SSSR count). The van der Waals surface area contributed by atoms with Crippen molar-refractivity contribution in [2.75, 3.05) is 39.3 Å². The Kier molecular flexibility index (Phi) is 5.10. The van der Waals surface area contributed by atoms with E-state index in [1.807, 2.05) is 0 Å². The van der Waals surface area contributed by atoms with Gasteiger partial charge in [0.05, 0.1) is 17.2 Å². The third kappa shape index (κ3) is 3.35. The summed E-state index contributed by atoms with van der Waals surface area (Å²) in [4.78, 5) is 16.1. The Labute approximate surface area is 127 Å². The maximum absolute atomic E-state index is 12.4. The van der Waals surface area contributed by atoms with Gasteiger partial charge in [-0.2, -0.15) is 0 Å². The Morgan fingerprint density at radius 1 is 1.20 bits per heavy atom. The molecule has 0 aliphatic carbocycles. The van der Waals surface area contributed by atoms with E-state index in [1.165, 1.54) is 12.1 Å². The Morgan fingerprint density at radius 2 is 1.85 bits per heavy atom. The second kappa shape index (κ2) is 6.63. The van der Waals surface area contributed by atoms with E-state index in [-0.39, 0.29) is 33.9 Å². The Balaban J connectivity index is 2.10. The highest BCUT2D eigenvalue weighted by Crippen LogP contribution is 2.31. The monoisotopic (exact) mass is 318 g/mol. The molecule has 0 spiro atoms. The number of carbonyl (C=O) groups excluding carboxylic acids is 1. The SMILES string of the molecule is O=C(c1c(O)cc(Cl)cc1Cl)N1CCN(CCO)CC1. The molecule has 0 aromatic heterocycles. The fourth-order valence-electron chi connectivity index (χ4n) is 2.25. The summed E-state index contributed by atoms with van der Waals surface area (Å²) in [6, 6.07) is 2.75. The number of carbonyl (C=O) groups is 1. The molecule has 1 saturated heterocycles. The van der Waals surface area contributed by atoms with Crippen molar-refractivity contribution in [1.82, 2.24) is 9.80 Å². The Bertz CT molecular complexity index is 479. The third-order valence-corrected chi connectivity index (χ3v) is 3.84. The van der Waals surface area contributed by atoms with Crippen LogP contribution < -0.4 is 0 Å². The van der Waals surface area contributed by atoms with Crippen LogP contribution in [0.3, 0.4) is 0 Å². The van der Waals surface area contributed by atoms with Crippen LogP contribution in [0.15, 0.2) is 12.1 Å². The molecule has 1 aromatic rings. The maximum Gasteiger partial charge on any atom is 0.259 e. The number of nitrogens with zero attached hydrogens (tertiary/aromatic N) is 2. The quantitative estimate of drug-likeness (QED) is 0.885. The number of phenolic OH excluding ortho intramolecular Hbond substituents is 1. The number of aromatic hydroxyl groups is 1. The number of halogens is 2. The van der Waals surface area contributed by atoms with Gasteiger partial charge in [0.2, 0.25) is 0 Å². The van der Waals surface area contributed by atoms with Crippen molar-refractivity contribution in [3.05, 3.63) is 27.7 Å². The van der Waals surface area contributed by atoms with E-state index >= 15 is 0 Å². The molecule has 0 atom stereocenters. The van der Waals surface area contributed by atoms with Gasteiger partial charge in [0.1, 0.15) is 5.75 Å². The number of amides is 1. The molecule has 1 aromatic carbocycles. The fourth-order valence-corrected chi connectivity index (χ4v) is 2.81. The second-order valence-electron chi connectivity index (χ2n) is 4.64. The average molecular weight is 319 g/mol. The summed E-state index contributed by atoms with van der Waals surface area (Å²) < 4.78 is 0. The molecule has 0 saturated carbocycles. The van der Waals surface area contributed by atoms with Gasteiger partial charge in [0.25, 0.3) is 5.91 Å². The molecule has 1 aliphatic rings. The zero-order chi connectivity index (χ0) is 14.7. The Hall–Kier alpha value is -1.01. The van der Waals surface area contributed by atoms with Crippen molar-refractivity contribution in [1.29, 1.82) is 0 Å². The molecule has 7 heteroatoms. The van der Waals surface area contributed by atoms with Gasteiger partial charge in [-0.1, -0.05) is 23.2 Å². The van der Waals surface area contributed by atoms with Gasteiger partial charge >= 0.3 is 0 Å². The lowest BCUT2D eigenvalue weighted by Gasteiger charge is -2.34. The van der Waals surface area contributed by atoms with E-state index < -0.39 is 0 Å². The van der Waals surface area contributed by atoms with Crippen LogP contribution in [0, 0.1) is 0 Å². The van der Waals surface area contributed by atoms with Crippen LogP contribution in [-0.2, 0) is 0 Å². The van der Waals surface area contributed by atoms with Crippen LogP contribution >= 0.6 is 23.2 Å². The van der Waals surface area contributed by atoms with E-state index in [0.29, 0.717) is 32.7 Å². The molecular formula is C13H16Cl2N2O3. The van der Waals surface area contributed by atoms with Crippen molar-refractivity contribution in [3.8, 4) is 5.75 Å². The summed E-state index contributed by atoms with van der Waals surface area (Å²) in [6.45, 7) is 3.18. The first-order chi connectivity index (χ1) is 9.52. The van der Waals surface area contributed by atoms with Crippen molar-refractivity contribution < 1.29 is 15.0 Å². The minimum atomic E-state index is -0.298. The molecule has 20 heavy (non-hydrogen) atoms. The van der Waals surface area contributed by atoms with Crippen LogP contribution in [0.25, 0.3) is 0 Å². The van der Waals surface area contributed by atoms with Crippen LogP contribution in [0.1, 0.15) is 10.4 Å². The molecule has 110 valence electrons. The van der Waals surface area contributed by atoms with E-state index in [1.54, 1.807) is 4.90 Å². The number of piperazine rings is 1. The minimum Gasteiger partial charge on any atom is -0.507 e. The number of benzene rings is 1.